The highest BCUT2D eigenvalue weighted by atomic mass is 35.5. The number of aliphatic hydroxyl groups is 1. The van der Waals surface area contributed by atoms with Crippen molar-refractivity contribution in [3.63, 3.8) is 0 Å². The van der Waals surface area contributed by atoms with E-state index in [1.165, 1.54) is 0 Å². The van der Waals surface area contributed by atoms with Gasteiger partial charge in [0.1, 0.15) is 10.8 Å². The highest BCUT2D eigenvalue weighted by molar-refractivity contribution is 6.41. The van der Waals surface area contributed by atoms with Gasteiger partial charge < -0.3 is 15.0 Å². The Kier molecular flexibility index (Phi) is 4.67. The van der Waals surface area contributed by atoms with Crippen LogP contribution in [0.1, 0.15) is 43.1 Å². The Morgan fingerprint density at radius 2 is 2.10 bits per heavy atom. The molecule has 1 heterocycles. The summed E-state index contributed by atoms with van der Waals surface area (Å²) in [6, 6.07) is 1.55. The van der Waals surface area contributed by atoms with Gasteiger partial charge in [0.05, 0.1) is 17.2 Å². The predicted molar refractivity (Wildman–Crippen MR) is 80.3 cm³/mol. The first-order valence-corrected chi connectivity index (χ1v) is 7.58. The van der Waals surface area contributed by atoms with Gasteiger partial charge in [0.25, 0.3) is 5.91 Å². The molecule has 0 aromatic carbocycles. The third-order valence-corrected chi connectivity index (χ3v) is 5.10. The van der Waals surface area contributed by atoms with Crippen molar-refractivity contribution in [3.8, 4) is 0 Å². The van der Waals surface area contributed by atoms with Crippen molar-refractivity contribution in [2.45, 2.75) is 38.1 Å². The summed E-state index contributed by atoms with van der Waals surface area (Å²) >= 11 is 11.9. The fourth-order valence-corrected chi connectivity index (χ4v) is 3.08. The molecule has 6 heteroatoms. The number of aromatic nitrogens is 1. The molecule has 2 N–H and O–H groups in total. The zero-order chi connectivity index (χ0) is 14.9. The third kappa shape index (κ3) is 2.97. The molecule has 1 aliphatic carbocycles. The van der Waals surface area contributed by atoms with Crippen molar-refractivity contribution in [1.29, 1.82) is 0 Å². The molecule has 0 bridgehead atoms. The molecule has 1 aromatic heterocycles. The molecule has 1 amide bonds. The van der Waals surface area contributed by atoms with Gasteiger partial charge >= 0.3 is 0 Å². The van der Waals surface area contributed by atoms with Gasteiger partial charge in [-0.15, -0.1) is 0 Å². The number of aliphatic hydroxyl groups excluding tert-OH is 1. The van der Waals surface area contributed by atoms with Crippen LogP contribution in [-0.2, 0) is 7.05 Å². The van der Waals surface area contributed by atoms with Crippen molar-refractivity contribution in [1.82, 2.24) is 9.88 Å². The first-order valence-electron chi connectivity index (χ1n) is 6.82. The normalized spacial score (nSPS) is 26.6. The highest BCUT2D eigenvalue weighted by Crippen LogP contribution is 2.32. The van der Waals surface area contributed by atoms with Crippen molar-refractivity contribution >= 4 is 29.1 Å². The quantitative estimate of drug-likeness (QED) is 0.900. The van der Waals surface area contributed by atoms with Crippen molar-refractivity contribution in [2.24, 2.45) is 13.0 Å². The molecule has 0 radical (unpaired) electrons. The summed E-state index contributed by atoms with van der Waals surface area (Å²) in [6.07, 6.45) is 3.61. The number of rotatable bonds is 3. The number of hydrogen-bond acceptors (Lipinski definition) is 2. The lowest BCUT2D eigenvalue weighted by Crippen LogP contribution is -2.53. The van der Waals surface area contributed by atoms with Crippen molar-refractivity contribution < 1.29 is 9.90 Å². The number of amides is 1. The minimum Gasteiger partial charge on any atom is -0.394 e. The van der Waals surface area contributed by atoms with Crippen molar-refractivity contribution in [3.05, 3.63) is 21.9 Å². The van der Waals surface area contributed by atoms with Gasteiger partial charge in [-0.25, -0.2) is 0 Å². The van der Waals surface area contributed by atoms with Gasteiger partial charge in [-0.05, 0) is 37.7 Å². The molecular weight excluding hydrogens is 299 g/mol. The van der Waals surface area contributed by atoms with Crippen LogP contribution in [0.25, 0.3) is 0 Å². The summed E-state index contributed by atoms with van der Waals surface area (Å²) in [4.78, 5) is 12.4. The number of nitrogens with zero attached hydrogens (tertiary/aromatic N) is 1. The second-order valence-electron chi connectivity index (χ2n) is 5.80. The summed E-state index contributed by atoms with van der Waals surface area (Å²) in [5.41, 5.74) is -0.112. The molecule has 4 nitrogen and oxygen atoms in total. The first kappa shape index (κ1) is 15.7. The second kappa shape index (κ2) is 5.96. The van der Waals surface area contributed by atoms with Crippen LogP contribution in [-0.4, -0.2) is 27.7 Å². The molecule has 1 saturated carbocycles. The van der Waals surface area contributed by atoms with Crippen LogP contribution in [0.2, 0.25) is 10.2 Å². The van der Waals surface area contributed by atoms with Gasteiger partial charge in [-0.2, -0.15) is 0 Å². The summed E-state index contributed by atoms with van der Waals surface area (Å²) in [5, 5.41) is 13.3. The van der Waals surface area contributed by atoms with E-state index in [2.05, 4.69) is 12.2 Å². The molecule has 112 valence electrons. The maximum Gasteiger partial charge on any atom is 0.268 e. The van der Waals surface area contributed by atoms with Crippen LogP contribution < -0.4 is 5.32 Å². The van der Waals surface area contributed by atoms with E-state index in [1.807, 2.05) is 0 Å². The average Bonchev–Trinajstić information content (AvgIpc) is 2.69. The summed E-state index contributed by atoms with van der Waals surface area (Å²) < 4.78 is 1.55. The second-order valence-corrected chi connectivity index (χ2v) is 6.57. The lowest BCUT2D eigenvalue weighted by molar-refractivity contribution is 0.0710. The highest BCUT2D eigenvalue weighted by Gasteiger charge is 2.35. The minimum atomic E-state index is -0.521. The monoisotopic (exact) mass is 318 g/mol. The van der Waals surface area contributed by atoms with Crippen LogP contribution in [0.15, 0.2) is 6.07 Å². The Bertz CT molecular complexity index is 506. The Hall–Kier alpha value is -0.710. The van der Waals surface area contributed by atoms with Gasteiger partial charge in [0.15, 0.2) is 0 Å². The Morgan fingerprint density at radius 3 is 2.55 bits per heavy atom. The Morgan fingerprint density at radius 1 is 1.50 bits per heavy atom. The summed E-state index contributed by atoms with van der Waals surface area (Å²) in [7, 11) is 1.69. The molecule has 1 aliphatic rings. The van der Waals surface area contributed by atoms with Crippen molar-refractivity contribution in [2.75, 3.05) is 6.61 Å². The van der Waals surface area contributed by atoms with Crippen LogP contribution in [0, 0.1) is 5.92 Å². The number of nitrogens with one attached hydrogen (secondary N) is 1. The predicted octanol–water partition coefficient (Wildman–Crippen LogP) is 3.00. The van der Waals surface area contributed by atoms with Gasteiger partial charge in [0, 0.05) is 7.05 Å². The SMILES string of the molecule is CC1CCC(CO)(NC(=O)c2cc(Cl)c(Cl)n2C)CC1. The summed E-state index contributed by atoms with van der Waals surface area (Å²) in [5.74, 6) is 0.399. The zero-order valence-electron chi connectivity index (χ0n) is 11.7. The maximum absolute atomic E-state index is 12.4. The van der Waals surface area contributed by atoms with E-state index < -0.39 is 5.54 Å². The van der Waals surface area contributed by atoms with Crippen LogP contribution in [0.5, 0.6) is 0 Å². The largest absolute Gasteiger partial charge is 0.394 e. The Balaban J connectivity index is 2.15. The van der Waals surface area contributed by atoms with E-state index in [0.29, 0.717) is 21.8 Å². The molecule has 1 aromatic rings. The lowest BCUT2D eigenvalue weighted by atomic mass is 9.77. The van der Waals surface area contributed by atoms with E-state index in [4.69, 9.17) is 23.2 Å². The molecular formula is C14H20Cl2N2O2. The van der Waals surface area contributed by atoms with Crippen LogP contribution in [0.4, 0.5) is 0 Å². The molecule has 0 unspecified atom stereocenters. The van der Waals surface area contributed by atoms with E-state index in [0.717, 1.165) is 25.7 Å². The third-order valence-electron chi connectivity index (χ3n) is 4.26. The fourth-order valence-electron chi connectivity index (χ4n) is 2.70. The summed E-state index contributed by atoms with van der Waals surface area (Å²) in [6.45, 7) is 2.15. The lowest BCUT2D eigenvalue weighted by Gasteiger charge is -2.38. The topological polar surface area (TPSA) is 54.3 Å². The number of carbonyl (C=O) groups is 1. The number of halogens is 2. The zero-order valence-corrected chi connectivity index (χ0v) is 13.3. The molecule has 0 aliphatic heterocycles. The van der Waals surface area contributed by atoms with E-state index >= 15 is 0 Å². The van der Waals surface area contributed by atoms with E-state index in [9.17, 15) is 9.90 Å². The molecule has 0 saturated heterocycles. The average molecular weight is 319 g/mol. The smallest absolute Gasteiger partial charge is 0.268 e. The minimum absolute atomic E-state index is 0.0443. The standard InChI is InChI=1S/C14H20Cl2N2O2/c1-9-3-5-14(8-19,6-4-9)17-13(20)11-7-10(15)12(16)18(11)2/h7,9,19H,3-6,8H2,1-2H3,(H,17,20). The molecule has 0 atom stereocenters. The maximum atomic E-state index is 12.4. The molecule has 0 spiro atoms. The van der Waals surface area contributed by atoms with E-state index in [1.54, 1.807) is 17.7 Å². The van der Waals surface area contributed by atoms with Crippen LogP contribution in [0.3, 0.4) is 0 Å². The molecule has 20 heavy (non-hydrogen) atoms. The van der Waals surface area contributed by atoms with Gasteiger partial charge in [-0.3, -0.25) is 4.79 Å². The molecule has 2 rings (SSSR count). The van der Waals surface area contributed by atoms with Gasteiger partial charge in [-0.1, -0.05) is 30.1 Å². The number of carbonyl (C=O) groups excluding carboxylic acids is 1. The Labute approximate surface area is 129 Å². The van der Waals surface area contributed by atoms with E-state index in [-0.39, 0.29) is 12.5 Å². The molecule has 1 fully saturated rings. The fraction of sp³-hybridized carbons (Fsp3) is 0.643. The van der Waals surface area contributed by atoms with Crippen LogP contribution >= 0.6 is 23.2 Å². The number of hydrogen-bond donors (Lipinski definition) is 2. The van der Waals surface area contributed by atoms with Gasteiger partial charge in [0.2, 0.25) is 0 Å². The first-order chi connectivity index (χ1) is 9.38.